The van der Waals surface area contributed by atoms with E-state index in [0.717, 1.165) is 22.7 Å². The van der Waals surface area contributed by atoms with Crippen molar-refractivity contribution < 1.29 is 9.53 Å². The Labute approximate surface area is 131 Å². The maximum Gasteiger partial charge on any atom is 0.407 e. The summed E-state index contributed by atoms with van der Waals surface area (Å²) < 4.78 is 5.19. The van der Waals surface area contributed by atoms with Crippen molar-refractivity contribution in [2.24, 2.45) is 0 Å². The third kappa shape index (κ3) is 7.66. The molecule has 0 spiro atoms. The predicted octanol–water partition coefficient (Wildman–Crippen LogP) is 4.00. The van der Waals surface area contributed by atoms with Gasteiger partial charge in [0.1, 0.15) is 5.60 Å². The fraction of sp³-hybridized carbons (Fsp3) is 0.438. The zero-order valence-corrected chi connectivity index (χ0v) is 14.0. The molecule has 0 heterocycles. The molecule has 1 amide bonds. The van der Waals surface area contributed by atoms with E-state index in [1.54, 1.807) is 11.8 Å². The zero-order valence-electron chi connectivity index (χ0n) is 13.2. The molecular formula is C16H24N2O2S. The maximum atomic E-state index is 11.5. The molecule has 0 unspecified atom stereocenters. The summed E-state index contributed by atoms with van der Waals surface area (Å²) in [6, 6.07) is 8.06. The van der Waals surface area contributed by atoms with Gasteiger partial charge in [0.15, 0.2) is 0 Å². The van der Waals surface area contributed by atoms with Crippen molar-refractivity contribution in [3.05, 3.63) is 41.4 Å². The van der Waals surface area contributed by atoms with E-state index in [1.165, 1.54) is 0 Å². The molecule has 0 aliphatic heterocycles. The number of carbonyl (C=O) groups excluding carboxylic acids is 1. The third-order valence-electron chi connectivity index (χ3n) is 2.54. The van der Waals surface area contributed by atoms with Crippen LogP contribution < -0.4 is 10.6 Å². The smallest absolute Gasteiger partial charge is 0.407 e. The quantitative estimate of drug-likeness (QED) is 0.834. The normalized spacial score (nSPS) is 10.9. The van der Waals surface area contributed by atoms with Crippen molar-refractivity contribution in [1.82, 2.24) is 5.32 Å². The van der Waals surface area contributed by atoms with E-state index in [9.17, 15) is 4.79 Å². The number of thioether (sulfide) groups is 1. The van der Waals surface area contributed by atoms with Gasteiger partial charge < -0.3 is 15.4 Å². The summed E-state index contributed by atoms with van der Waals surface area (Å²) in [6.45, 7) is 9.98. The number of rotatable bonds is 6. The second-order valence-corrected chi connectivity index (χ2v) is 6.53. The highest BCUT2D eigenvalue weighted by atomic mass is 32.2. The van der Waals surface area contributed by atoms with Gasteiger partial charge in [0.05, 0.1) is 5.03 Å². The van der Waals surface area contributed by atoms with Crippen LogP contribution in [0.5, 0.6) is 0 Å². The molecule has 5 heteroatoms. The molecule has 1 aromatic rings. The molecule has 0 radical (unpaired) electrons. The fourth-order valence-corrected chi connectivity index (χ4v) is 1.86. The van der Waals surface area contributed by atoms with Gasteiger partial charge in [-0.1, -0.05) is 18.7 Å². The number of anilines is 1. The maximum absolute atomic E-state index is 11.5. The first-order chi connectivity index (χ1) is 9.80. The Morgan fingerprint density at radius 3 is 2.71 bits per heavy atom. The van der Waals surface area contributed by atoms with Gasteiger partial charge >= 0.3 is 6.09 Å². The molecule has 0 saturated carbocycles. The second-order valence-electron chi connectivity index (χ2n) is 5.63. The summed E-state index contributed by atoms with van der Waals surface area (Å²) in [5, 5.41) is 6.88. The molecule has 0 fully saturated rings. The number of hydrogen-bond acceptors (Lipinski definition) is 4. The van der Waals surface area contributed by atoms with Gasteiger partial charge in [-0.15, -0.1) is 11.8 Å². The molecular weight excluding hydrogens is 284 g/mol. The Kier molecular flexibility index (Phi) is 6.62. The van der Waals surface area contributed by atoms with E-state index in [1.807, 2.05) is 45.2 Å². The van der Waals surface area contributed by atoms with Crippen LogP contribution in [0, 0.1) is 0 Å². The Balaban J connectivity index is 2.43. The highest BCUT2D eigenvalue weighted by molar-refractivity contribution is 8.02. The molecule has 0 aliphatic rings. The number of nitrogens with one attached hydrogen (secondary N) is 2. The van der Waals surface area contributed by atoms with E-state index >= 15 is 0 Å². The van der Waals surface area contributed by atoms with Crippen LogP contribution in [0.25, 0.3) is 0 Å². The lowest BCUT2D eigenvalue weighted by molar-refractivity contribution is 0.0528. The molecule has 0 aromatic heterocycles. The summed E-state index contributed by atoms with van der Waals surface area (Å²) in [5.74, 6) is 0. The van der Waals surface area contributed by atoms with Gasteiger partial charge in [0.2, 0.25) is 0 Å². The minimum atomic E-state index is -0.466. The number of alkyl carbamates (subject to hydrolysis) is 1. The van der Waals surface area contributed by atoms with Crippen LogP contribution in [-0.2, 0) is 11.2 Å². The SMILES string of the molecule is C=C(Nc1cccc(CCNC(=O)OC(C)(C)C)c1)SC. The first kappa shape index (κ1) is 17.4. The number of amides is 1. The summed E-state index contributed by atoms with van der Waals surface area (Å²) in [4.78, 5) is 11.5. The average Bonchev–Trinajstić information content (AvgIpc) is 2.37. The van der Waals surface area contributed by atoms with Crippen LogP contribution in [0.15, 0.2) is 35.9 Å². The lowest BCUT2D eigenvalue weighted by atomic mass is 10.1. The standard InChI is InChI=1S/C16H24N2O2S/c1-12(21-5)18-14-8-6-7-13(11-14)9-10-17-15(19)20-16(2,3)4/h6-8,11,18H,1,9-10H2,2-5H3,(H,17,19). The van der Waals surface area contributed by atoms with Gasteiger partial charge in [0, 0.05) is 12.2 Å². The molecule has 0 atom stereocenters. The van der Waals surface area contributed by atoms with Crippen molar-refractivity contribution in [1.29, 1.82) is 0 Å². The molecule has 116 valence electrons. The van der Waals surface area contributed by atoms with Crippen LogP contribution >= 0.6 is 11.8 Å². The molecule has 0 bridgehead atoms. The van der Waals surface area contributed by atoms with Gasteiger partial charge in [-0.3, -0.25) is 0 Å². The van der Waals surface area contributed by atoms with E-state index in [4.69, 9.17) is 4.74 Å². The Morgan fingerprint density at radius 2 is 2.10 bits per heavy atom. The van der Waals surface area contributed by atoms with Crippen LogP contribution in [0.4, 0.5) is 10.5 Å². The number of benzene rings is 1. The van der Waals surface area contributed by atoms with Gasteiger partial charge in [-0.25, -0.2) is 4.79 Å². The Hall–Kier alpha value is -1.62. The summed E-state index contributed by atoms with van der Waals surface area (Å²) >= 11 is 1.57. The molecule has 2 N–H and O–H groups in total. The molecule has 1 aromatic carbocycles. The fourth-order valence-electron chi connectivity index (χ4n) is 1.64. The van der Waals surface area contributed by atoms with Crippen molar-refractivity contribution in [2.75, 3.05) is 18.1 Å². The highest BCUT2D eigenvalue weighted by Gasteiger charge is 2.15. The Morgan fingerprint density at radius 1 is 1.38 bits per heavy atom. The Bertz CT molecular complexity index is 495. The first-order valence-electron chi connectivity index (χ1n) is 6.86. The van der Waals surface area contributed by atoms with Gasteiger partial charge in [-0.2, -0.15) is 0 Å². The van der Waals surface area contributed by atoms with E-state index in [2.05, 4.69) is 23.3 Å². The van der Waals surface area contributed by atoms with Crippen LogP contribution in [0.1, 0.15) is 26.3 Å². The topological polar surface area (TPSA) is 50.4 Å². The zero-order chi connectivity index (χ0) is 15.9. The number of ether oxygens (including phenoxy) is 1. The monoisotopic (exact) mass is 308 g/mol. The van der Waals surface area contributed by atoms with Crippen LogP contribution in [0.3, 0.4) is 0 Å². The summed E-state index contributed by atoms with van der Waals surface area (Å²) in [7, 11) is 0. The van der Waals surface area contributed by atoms with Crippen molar-refractivity contribution in [3.63, 3.8) is 0 Å². The molecule has 0 saturated heterocycles. The van der Waals surface area contributed by atoms with Crippen molar-refractivity contribution in [3.8, 4) is 0 Å². The van der Waals surface area contributed by atoms with Crippen molar-refractivity contribution in [2.45, 2.75) is 32.8 Å². The minimum Gasteiger partial charge on any atom is -0.444 e. The van der Waals surface area contributed by atoms with E-state index in [0.29, 0.717) is 6.54 Å². The molecule has 21 heavy (non-hydrogen) atoms. The third-order valence-corrected chi connectivity index (χ3v) is 3.13. The van der Waals surface area contributed by atoms with Crippen molar-refractivity contribution >= 4 is 23.5 Å². The molecule has 1 rings (SSSR count). The average molecular weight is 308 g/mol. The minimum absolute atomic E-state index is 0.382. The largest absolute Gasteiger partial charge is 0.444 e. The van der Waals surface area contributed by atoms with Crippen LogP contribution in [0.2, 0.25) is 0 Å². The van der Waals surface area contributed by atoms with Gasteiger partial charge in [-0.05, 0) is 51.1 Å². The van der Waals surface area contributed by atoms with E-state index < -0.39 is 5.60 Å². The summed E-state index contributed by atoms with van der Waals surface area (Å²) in [5.41, 5.74) is 1.68. The number of carbonyl (C=O) groups is 1. The molecule has 4 nitrogen and oxygen atoms in total. The lowest BCUT2D eigenvalue weighted by Gasteiger charge is -2.19. The van der Waals surface area contributed by atoms with Gasteiger partial charge in [0.25, 0.3) is 0 Å². The predicted molar refractivity (Wildman–Crippen MR) is 90.7 cm³/mol. The second kappa shape index (κ2) is 7.98. The lowest BCUT2D eigenvalue weighted by Crippen LogP contribution is -2.33. The van der Waals surface area contributed by atoms with E-state index in [-0.39, 0.29) is 6.09 Å². The summed E-state index contributed by atoms with van der Waals surface area (Å²) in [6.07, 6.45) is 2.34. The molecule has 0 aliphatic carbocycles. The van der Waals surface area contributed by atoms with Crippen LogP contribution in [-0.4, -0.2) is 24.5 Å². The number of hydrogen-bond donors (Lipinski definition) is 2. The highest BCUT2D eigenvalue weighted by Crippen LogP contribution is 2.17. The first-order valence-corrected chi connectivity index (χ1v) is 8.08.